The first-order valence-corrected chi connectivity index (χ1v) is 10.1. The number of nitrogens with zero attached hydrogens (tertiary/aromatic N) is 1. The van der Waals surface area contributed by atoms with Crippen molar-refractivity contribution in [2.75, 3.05) is 5.88 Å². The first-order valence-electron chi connectivity index (χ1n) is 9.56. The van der Waals surface area contributed by atoms with Gasteiger partial charge in [-0.1, -0.05) is 12.1 Å². The van der Waals surface area contributed by atoms with E-state index in [0.29, 0.717) is 35.3 Å². The second kappa shape index (κ2) is 5.66. The SMILES string of the molecule is O=C(CCl)CC12CC3CC(C1)C(N1C(=O)c4ccccc4C1=O)C(C3)C2. The normalized spacial score (nSPS) is 37.3. The summed E-state index contributed by atoms with van der Waals surface area (Å²) in [5, 5.41) is 0. The third kappa shape index (κ3) is 2.24. The number of hydrogen-bond acceptors (Lipinski definition) is 3. The predicted molar refractivity (Wildman–Crippen MR) is 97.1 cm³/mol. The smallest absolute Gasteiger partial charge is 0.261 e. The summed E-state index contributed by atoms with van der Waals surface area (Å²) in [6.07, 6.45) is 5.71. The van der Waals surface area contributed by atoms with Crippen LogP contribution in [0.25, 0.3) is 0 Å². The van der Waals surface area contributed by atoms with Gasteiger partial charge in [-0.25, -0.2) is 0 Å². The summed E-state index contributed by atoms with van der Waals surface area (Å²) >= 11 is 5.77. The molecule has 0 N–H and O–H groups in total. The number of carbonyl (C=O) groups is 3. The molecule has 136 valence electrons. The summed E-state index contributed by atoms with van der Waals surface area (Å²) < 4.78 is 0. The molecule has 4 aliphatic carbocycles. The van der Waals surface area contributed by atoms with Gasteiger partial charge >= 0.3 is 0 Å². The van der Waals surface area contributed by atoms with E-state index in [9.17, 15) is 14.4 Å². The lowest BCUT2D eigenvalue weighted by molar-refractivity contribution is -0.130. The number of imide groups is 1. The van der Waals surface area contributed by atoms with Crippen LogP contribution in [0.2, 0.25) is 0 Å². The highest BCUT2D eigenvalue weighted by Crippen LogP contribution is 2.62. The van der Waals surface area contributed by atoms with Gasteiger partial charge in [0.2, 0.25) is 0 Å². The number of ketones is 1. The molecule has 4 bridgehead atoms. The van der Waals surface area contributed by atoms with Crippen LogP contribution in [-0.4, -0.2) is 34.4 Å². The molecule has 1 aliphatic heterocycles. The molecule has 4 nitrogen and oxygen atoms in total. The monoisotopic (exact) mass is 371 g/mol. The van der Waals surface area contributed by atoms with Crippen LogP contribution in [0.5, 0.6) is 0 Å². The third-order valence-corrected chi connectivity index (χ3v) is 7.49. The second-order valence-corrected chi connectivity index (χ2v) is 9.10. The quantitative estimate of drug-likeness (QED) is 0.599. The van der Waals surface area contributed by atoms with Crippen molar-refractivity contribution in [3.8, 4) is 0 Å². The lowest BCUT2D eigenvalue weighted by atomic mass is 9.46. The Bertz CT molecular complexity index is 768. The summed E-state index contributed by atoms with van der Waals surface area (Å²) in [4.78, 5) is 39.5. The fourth-order valence-electron chi connectivity index (χ4n) is 6.75. The largest absolute Gasteiger partial charge is 0.298 e. The zero-order valence-electron chi connectivity index (χ0n) is 14.6. The fraction of sp³-hybridized carbons (Fsp3) is 0.571. The van der Waals surface area contributed by atoms with Gasteiger partial charge in [-0.2, -0.15) is 0 Å². The maximum absolute atomic E-state index is 13.0. The minimum atomic E-state index is -0.131. The topological polar surface area (TPSA) is 54.5 Å². The molecule has 4 fully saturated rings. The Morgan fingerprint density at radius 2 is 1.62 bits per heavy atom. The molecule has 0 saturated heterocycles. The van der Waals surface area contributed by atoms with Gasteiger partial charge in [0.05, 0.1) is 17.0 Å². The molecule has 1 aromatic carbocycles. The standard InChI is InChI=1S/C21H22ClNO3/c22-11-15(24)10-21-7-12-5-13(8-21)18(14(6-12)9-21)23-19(25)16-3-1-2-4-17(16)20(23)26/h1-4,12-14,18H,5-11H2. The molecule has 26 heavy (non-hydrogen) atoms. The minimum absolute atomic E-state index is 0.00169. The maximum Gasteiger partial charge on any atom is 0.261 e. The van der Waals surface area contributed by atoms with Crippen LogP contribution >= 0.6 is 11.6 Å². The van der Waals surface area contributed by atoms with Crippen LogP contribution in [0.4, 0.5) is 0 Å². The van der Waals surface area contributed by atoms with E-state index in [2.05, 4.69) is 0 Å². The van der Waals surface area contributed by atoms with Gasteiger partial charge in [0.1, 0.15) is 5.78 Å². The van der Waals surface area contributed by atoms with Gasteiger partial charge in [-0.15, -0.1) is 11.6 Å². The van der Waals surface area contributed by atoms with Gasteiger partial charge in [0, 0.05) is 12.5 Å². The molecule has 1 heterocycles. The van der Waals surface area contributed by atoms with Gasteiger partial charge < -0.3 is 0 Å². The number of fused-ring (bicyclic) bond motifs is 1. The first kappa shape index (κ1) is 16.5. The number of hydrogen-bond donors (Lipinski definition) is 0. The Morgan fingerprint density at radius 1 is 1.04 bits per heavy atom. The molecule has 6 rings (SSSR count). The van der Waals surface area contributed by atoms with E-state index in [4.69, 9.17) is 11.6 Å². The molecule has 0 spiro atoms. The van der Waals surface area contributed by atoms with Gasteiger partial charge in [0.25, 0.3) is 11.8 Å². The van der Waals surface area contributed by atoms with Crippen molar-refractivity contribution < 1.29 is 14.4 Å². The molecular weight excluding hydrogens is 350 g/mol. The van der Waals surface area contributed by atoms with E-state index in [0.717, 1.165) is 32.1 Å². The number of benzene rings is 1. The van der Waals surface area contributed by atoms with Crippen LogP contribution in [0.1, 0.15) is 59.2 Å². The Hall–Kier alpha value is -1.68. The zero-order chi connectivity index (χ0) is 18.1. The maximum atomic E-state index is 13.0. The van der Waals surface area contributed by atoms with Crippen molar-refractivity contribution in [2.24, 2.45) is 23.2 Å². The van der Waals surface area contributed by atoms with E-state index < -0.39 is 0 Å². The van der Waals surface area contributed by atoms with Gasteiger partial charge in [0.15, 0.2) is 0 Å². The minimum Gasteiger partial charge on any atom is -0.298 e. The highest BCUT2D eigenvalue weighted by molar-refractivity contribution is 6.27. The van der Waals surface area contributed by atoms with Crippen LogP contribution in [0.15, 0.2) is 24.3 Å². The molecule has 1 aromatic rings. The van der Waals surface area contributed by atoms with Gasteiger partial charge in [-0.3, -0.25) is 19.3 Å². The molecule has 0 radical (unpaired) electrons. The van der Waals surface area contributed by atoms with Crippen molar-refractivity contribution in [3.05, 3.63) is 35.4 Å². The van der Waals surface area contributed by atoms with Crippen LogP contribution in [-0.2, 0) is 4.79 Å². The lowest BCUT2D eigenvalue weighted by Gasteiger charge is -2.61. The summed E-state index contributed by atoms with van der Waals surface area (Å²) in [5.74, 6) is 1.23. The summed E-state index contributed by atoms with van der Waals surface area (Å²) in [6, 6.07) is 7.14. The van der Waals surface area contributed by atoms with Crippen molar-refractivity contribution >= 4 is 29.2 Å². The second-order valence-electron chi connectivity index (χ2n) is 8.84. The zero-order valence-corrected chi connectivity index (χ0v) is 15.4. The Kier molecular flexibility index (Phi) is 3.59. The van der Waals surface area contributed by atoms with Gasteiger partial charge in [-0.05, 0) is 67.4 Å². The number of rotatable bonds is 4. The molecule has 2 atom stereocenters. The molecular formula is C21H22ClNO3. The Balaban J connectivity index is 1.46. The third-order valence-electron chi connectivity index (χ3n) is 7.20. The van der Waals surface area contributed by atoms with E-state index >= 15 is 0 Å². The summed E-state index contributed by atoms with van der Waals surface area (Å²) in [7, 11) is 0. The molecule has 5 aliphatic rings. The highest BCUT2D eigenvalue weighted by atomic mass is 35.5. The van der Waals surface area contributed by atoms with E-state index in [1.165, 1.54) is 0 Å². The summed E-state index contributed by atoms with van der Waals surface area (Å²) in [6.45, 7) is 0. The number of halogens is 1. The first-order chi connectivity index (χ1) is 12.5. The van der Waals surface area contributed by atoms with E-state index in [-0.39, 0.29) is 34.9 Å². The lowest BCUT2D eigenvalue weighted by Crippen LogP contribution is -2.60. The number of alkyl halides is 1. The fourth-order valence-corrected chi connectivity index (χ4v) is 6.84. The number of carbonyl (C=O) groups excluding carboxylic acids is 3. The molecule has 2 unspecified atom stereocenters. The molecule has 0 aromatic heterocycles. The molecule has 5 heteroatoms. The number of Topliss-reactive ketones (excluding diaryl/α,β-unsaturated/α-hetero) is 1. The summed E-state index contributed by atoms with van der Waals surface area (Å²) in [5.41, 5.74) is 1.13. The van der Waals surface area contributed by atoms with E-state index in [1.54, 1.807) is 17.0 Å². The highest BCUT2D eigenvalue weighted by Gasteiger charge is 2.59. The van der Waals surface area contributed by atoms with E-state index in [1.807, 2.05) is 12.1 Å². The Labute approximate surface area is 157 Å². The van der Waals surface area contributed by atoms with Crippen molar-refractivity contribution in [2.45, 2.75) is 44.6 Å². The van der Waals surface area contributed by atoms with Crippen LogP contribution in [0.3, 0.4) is 0 Å². The Morgan fingerprint density at radius 3 is 2.15 bits per heavy atom. The van der Waals surface area contributed by atoms with Crippen molar-refractivity contribution in [1.82, 2.24) is 4.90 Å². The van der Waals surface area contributed by atoms with Crippen LogP contribution in [0, 0.1) is 23.2 Å². The van der Waals surface area contributed by atoms with Crippen molar-refractivity contribution in [1.29, 1.82) is 0 Å². The van der Waals surface area contributed by atoms with Crippen LogP contribution < -0.4 is 0 Å². The average Bonchev–Trinajstić information content (AvgIpc) is 2.86. The predicted octanol–water partition coefficient (Wildman–Crippen LogP) is 3.68. The average molecular weight is 372 g/mol. The number of amides is 2. The van der Waals surface area contributed by atoms with Crippen molar-refractivity contribution in [3.63, 3.8) is 0 Å². The molecule has 2 amide bonds. The molecule has 4 saturated carbocycles.